The third-order valence-electron chi connectivity index (χ3n) is 3.17. The molecular weight excluding hydrogens is 204 g/mol. The van der Waals surface area contributed by atoms with Gasteiger partial charge in [0, 0.05) is 25.2 Å². The predicted molar refractivity (Wildman–Crippen MR) is 63.7 cm³/mol. The van der Waals surface area contributed by atoms with E-state index in [1.807, 2.05) is 0 Å². The molecule has 2 aliphatic rings. The fourth-order valence-electron chi connectivity index (χ4n) is 2.05. The van der Waals surface area contributed by atoms with Crippen molar-refractivity contribution in [1.82, 2.24) is 10.2 Å². The summed E-state index contributed by atoms with van der Waals surface area (Å²) in [6.45, 7) is 12.3. The van der Waals surface area contributed by atoms with Gasteiger partial charge in [-0.3, -0.25) is 4.90 Å². The molecule has 1 atom stereocenters. The van der Waals surface area contributed by atoms with E-state index in [4.69, 9.17) is 9.47 Å². The van der Waals surface area contributed by atoms with Crippen LogP contribution in [0.4, 0.5) is 0 Å². The quantitative estimate of drug-likeness (QED) is 0.761. The number of hydrogen-bond donors (Lipinski definition) is 1. The van der Waals surface area contributed by atoms with Crippen LogP contribution in [0.15, 0.2) is 0 Å². The van der Waals surface area contributed by atoms with Crippen molar-refractivity contribution in [3.63, 3.8) is 0 Å². The average Bonchev–Trinajstić information content (AvgIpc) is 2.12. The second kappa shape index (κ2) is 5.00. The molecule has 2 aliphatic heterocycles. The van der Waals surface area contributed by atoms with Crippen LogP contribution in [0.25, 0.3) is 0 Å². The summed E-state index contributed by atoms with van der Waals surface area (Å²) in [4.78, 5) is 2.50. The third kappa shape index (κ3) is 3.42. The molecule has 0 aliphatic carbocycles. The molecule has 4 nitrogen and oxygen atoms in total. The predicted octanol–water partition coefficient (Wildman–Crippen LogP) is 0.474. The number of morpholine rings is 1. The summed E-state index contributed by atoms with van der Waals surface area (Å²) in [6, 6.07) is 0.640. The van der Waals surface area contributed by atoms with E-state index in [9.17, 15) is 0 Å². The van der Waals surface area contributed by atoms with Gasteiger partial charge in [0.1, 0.15) is 0 Å². The van der Waals surface area contributed by atoms with E-state index in [1.54, 1.807) is 0 Å². The van der Waals surface area contributed by atoms with Crippen LogP contribution in [0.3, 0.4) is 0 Å². The number of hydrogen-bond acceptors (Lipinski definition) is 4. The number of nitrogens with zero attached hydrogens (tertiary/aromatic N) is 1. The summed E-state index contributed by atoms with van der Waals surface area (Å²) in [6.07, 6.45) is 0.327. The molecule has 0 saturated carbocycles. The van der Waals surface area contributed by atoms with Crippen molar-refractivity contribution < 1.29 is 9.47 Å². The van der Waals surface area contributed by atoms with Crippen LogP contribution in [0, 0.1) is 0 Å². The van der Waals surface area contributed by atoms with Gasteiger partial charge in [0.05, 0.1) is 32.0 Å². The van der Waals surface area contributed by atoms with E-state index in [0.717, 1.165) is 39.5 Å². The number of nitrogens with one attached hydrogen (secondary N) is 1. The Bertz CT molecular complexity index is 224. The first-order valence-electron chi connectivity index (χ1n) is 6.23. The molecule has 2 heterocycles. The van der Waals surface area contributed by atoms with Gasteiger partial charge in [0.15, 0.2) is 0 Å². The topological polar surface area (TPSA) is 33.7 Å². The average molecular weight is 228 g/mol. The normalized spacial score (nSPS) is 29.1. The zero-order valence-corrected chi connectivity index (χ0v) is 10.7. The standard InChI is InChI=1S/C12H24N2O2/c1-12(2,3)13-6-11-7-14(4-5-16-11)10-8-15-9-10/h10-11,13H,4-9H2,1-3H3/t11-/m0/s1. The molecule has 0 aromatic carbocycles. The van der Waals surface area contributed by atoms with E-state index < -0.39 is 0 Å². The van der Waals surface area contributed by atoms with Crippen LogP contribution >= 0.6 is 0 Å². The minimum absolute atomic E-state index is 0.172. The third-order valence-corrected chi connectivity index (χ3v) is 3.17. The summed E-state index contributed by atoms with van der Waals surface area (Å²) in [5.74, 6) is 0. The zero-order valence-electron chi connectivity index (χ0n) is 10.7. The molecule has 1 N–H and O–H groups in total. The zero-order chi connectivity index (χ0) is 11.6. The largest absolute Gasteiger partial charge is 0.378 e. The molecule has 0 unspecified atom stereocenters. The van der Waals surface area contributed by atoms with Gasteiger partial charge in [-0.1, -0.05) is 0 Å². The summed E-state index contributed by atoms with van der Waals surface area (Å²) in [5.41, 5.74) is 0.172. The van der Waals surface area contributed by atoms with Gasteiger partial charge in [-0.05, 0) is 20.8 Å². The highest BCUT2D eigenvalue weighted by molar-refractivity contribution is 4.84. The van der Waals surface area contributed by atoms with Crippen LogP contribution in [0.5, 0.6) is 0 Å². The van der Waals surface area contributed by atoms with Crippen molar-refractivity contribution in [2.45, 2.75) is 38.5 Å². The lowest BCUT2D eigenvalue weighted by Gasteiger charge is -2.42. The highest BCUT2D eigenvalue weighted by Gasteiger charge is 2.30. The highest BCUT2D eigenvalue weighted by Crippen LogP contribution is 2.15. The Labute approximate surface area is 98.3 Å². The Morgan fingerprint density at radius 3 is 2.62 bits per heavy atom. The van der Waals surface area contributed by atoms with Gasteiger partial charge in [-0.15, -0.1) is 0 Å². The van der Waals surface area contributed by atoms with Crippen LogP contribution in [0.1, 0.15) is 20.8 Å². The fraction of sp³-hybridized carbons (Fsp3) is 1.00. The van der Waals surface area contributed by atoms with Crippen LogP contribution < -0.4 is 5.32 Å². The number of rotatable bonds is 3. The molecular formula is C12H24N2O2. The molecule has 2 saturated heterocycles. The Balaban J connectivity index is 1.73. The minimum Gasteiger partial charge on any atom is -0.378 e. The highest BCUT2D eigenvalue weighted by atomic mass is 16.5. The lowest BCUT2D eigenvalue weighted by atomic mass is 10.1. The molecule has 0 aromatic rings. The fourth-order valence-corrected chi connectivity index (χ4v) is 2.05. The second-order valence-corrected chi connectivity index (χ2v) is 5.81. The van der Waals surface area contributed by atoms with Crippen LogP contribution in [0.2, 0.25) is 0 Å². The van der Waals surface area contributed by atoms with Crippen molar-refractivity contribution in [2.24, 2.45) is 0 Å². The van der Waals surface area contributed by atoms with Crippen LogP contribution in [-0.2, 0) is 9.47 Å². The maximum absolute atomic E-state index is 5.78. The Morgan fingerprint density at radius 2 is 2.06 bits per heavy atom. The molecule has 2 fully saturated rings. The maximum atomic E-state index is 5.78. The molecule has 2 rings (SSSR count). The lowest BCUT2D eigenvalue weighted by molar-refractivity contribution is -0.113. The van der Waals surface area contributed by atoms with Crippen molar-refractivity contribution in [3.8, 4) is 0 Å². The van der Waals surface area contributed by atoms with Gasteiger partial charge in [0.2, 0.25) is 0 Å². The maximum Gasteiger partial charge on any atom is 0.0827 e. The smallest absolute Gasteiger partial charge is 0.0827 e. The van der Waals surface area contributed by atoms with E-state index in [2.05, 4.69) is 31.0 Å². The summed E-state index contributed by atoms with van der Waals surface area (Å²) >= 11 is 0. The molecule has 4 heteroatoms. The second-order valence-electron chi connectivity index (χ2n) is 5.81. The molecule has 0 aromatic heterocycles. The van der Waals surface area contributed by atoms with Gasteiger partial charge < -0.3 is 14.8 Å². The summed E-state index contributed by atoms with van der Waals surface area (Å²) < 4.78 is 11.0. The first kappa shape index (κ1) is 12.3. The molecule has 0 spiro atoms. The van der Waals surface area contributed by atoms with E-state index in [1.165, 1.54) is 0 Å². The Kier molecular flexibility index (Phi) is 3.85. The Hall–Kier alpha value is -0.160. The van der Waals surface area contributed by atoms with E-state index in [-0.39, 0.29) is 5.54 Å². The van der Waals surface area contributed by atoms with Crippen molar-refractivity contribution in [1.29, 1.82) is 0 Å². The Morgan fingerprint density at radius 1 is 1.31 bits per heavy atom. The van der Waals surface area contributed by atoms with Crippen molar-refractivity contribution in [3.05, 3.63) is 0 Å². The monoisotopic (exact) mass is 228 g/mol. The van der Waals surface area contributed by atoms with E-state index in [0.29, 0.717) is 12.1 Å². The first-order chi connectivity index (χ1) is 7.54. The summed E-state index contributed by atoms with van der Waals surface area (Å²) in [7, 11) is 0. The van der Waals surface area contributed by atoms with Gasteiger partial charge in [-0.25, -0.2) is 0 Å². The van der Waals surface area contributed by atoms with Crippen LogP contribution in [-0.4, -0.2) is 62.0 Å². The molecule has 16 heavy (non-hydrogen) atoms. The lowest BCUT2D eigenvalue weighted by Crippen LogP contribution is -2.57. The number of ether oxygens (including phenoxy) is 2. The molecule has 0 amide bonds. The SMILES string of the molecule is CC(C)(C)NC[C@H]1CN(C2COC2)CCO1. The van der Waals surface area contributed by atoms with Gasteiger partial charge in [0.25, 0.3) is 0 Å². The molecule has 0 bridgehead atoms. The minimum atomic E-state index is 0.172. The summed E-state index contributed by atoms with van der Waals surface area (Å²) in [5, 5.41) is 3.50. The van der Waals surface area contributed by atoms with Gasteiger partial charge in [-0.2, -0.15) is 0 Å². The van der Waals surface area contributed by atoms with E-state index >= 15 is 0 Å². The van der Waals surface area contributed by atoms with Crippen molar-refractivity contribution in [2.75, 3.05) is 39.5 Å². The molecule has 94 valence electrons. The first-order valence-corrected chi connectivity index (χ1v) is 6.23. The van der Waals surface area contributed by atoms with Crippen molar-refractivity contribution >= 4 is 0 Å². The van der Waals surface area contributed by atoms with Gasteiger partial charge >= 0.3 is 0 Å². The molecule has 0 radical (unpaired) electrons.